The van der Waals surface area contributed by atoms with Gasteiger partial charge in [-0.15, -0.1) is 0 Å². The van der Waals surface area contributed by atoms with Gasteiger partial charge in [0.15, 0.2) is 0 Å². The van der Waals surface area contributed by atoms with Gasteiger partial charge in [0.25, 0.3) is 0 Å². The van der Waals surface area contributed by atoms with Crippen molar-refractivity contribution in [1.82, 2.24) is 4.90 Å². The highest BCUT2D eigenvalue weighted by atomic mass is 16.6. The van der Waals surface area contributed by atoms with Gasteiger partial charge >= 0.3 is 5.97 Å². The number of rotatable bonds is 11. The average molecular weight is 247 g/mol. The summed E-state index contributed by atoms with van der Waals surface area (Å²) in [6.45, 7) is 5.46. The third-order valence-corrected chi connectivity index (χ3v) is 2.00. The Bertz CT molecular complexity index is 185. The van der Waals surface area contributed by atoms with E-state index in [1.54, 1.807) is 0 Å². The number of ether oxygens (including phenoxy) is 3. The van der Waals surface area contributed by atoms with E-state index in [1.807, 2.05) is 21.0 Å². The van der Waals surface area contributed by atoms with Crippen LogP contribution in [0.3, 0.4) is 0 Å². The number of esters is 1. The van der Waals surface area contributed by atoms with Crippen LogP contribution in [0.2, 0.25) is 0 Å². The summed E-state index contributed by atoms with van der Waals surface area (Å²) in [5.41, 5.74) is 0. The van der Waals surface area contributed by atoms with Gasteiger partial charge in [-0.05, 0) is 20.5 Å². The summed E-state index contributed by atoms with van der Waals surface area (Å²) in [5.74, 6) is -0.154. The van der Waals surface area contributed by atoms with Gasteiger partial charge in [0, 0.05) is 13.0 Å². The normalized spacial score (nSPS) is 10.8. The second-order valence-corrected chi connectivity index (χ2v) is 4.00. The molecule has 5 nitrogen and oxygen atoms in total. The minimum absolute atomic E-state index is 0.154. The lowest BCUT2D eigenvalue weighted by Crippen LogP contribution is -2.19. The number of hydrogen-bond donors (Lipinski definition) is 0. The molecule has 0 fully saturated rings. The lowest BCUT2D eigenvalue weighted by molar-refractivity contribution is -0.145. The third-order valence-electron chi connectivity index (χ3n) is 2.00. The molecule has 5 heteroatoms. The van der Waals surface area contributed by atoms with Crippen molar-refractivity contribution in [1.29, 1.82) is 0 Å². The standard InChI is InChI=1S/C12H25NO4/c1-4-5-12(14)17-11-10-16-9-8-15-7-6-13(2)3/h4-11H2,1-3H3. The highest BCUT2D eigenvalue weighted by Crippen LogP contribution is 1.91. The van der Waals surface area contributed by atoms with Crippen LogP contribution in [0.4, 0.5) is 0 Å². The summed E-state index contributed by atoms with van der Waals surface area (Å²) in [7, 11) is 4.01. The van der Waals surface area contributed by atoms with Crippen LogP contribution in [-0.2, 0) is 19.0 Å². The van der Waals surface area contributed by atoms with E-state index in [2.05, 4.69) is 4.90 Å². The fourth-order valence-corrected chi connectivity index (χ4v) is 1.06. The molecule has 0 aliphatic rings. The highest BCUT2D eigenvalue weighted by Gasteiger charge is 1.99. The Morgan fingerprint density at radius 1 is 1.00 bits per heavy atom. The fourth-order valence-electron chi connectivity index (χ4n) is 1.06. The smallest absolute Gasteiger partial charge is 0.305 e. The topological polar surface area (TPSA) is 48.0 Å². The van der Waals surface area contributed by atoms with Crippen LogP contribution in [0.25, 0.3) is 0 Å². The molecule has 0 aliphatic carbocycles. The van der Waals surface area contributed by atoms with Crippen molar-refractivity contribution in [3.63, 3.8) is 0 Å². The minimum Gasteiger partial charge on any atom is -0.463 e. The van der Waals surface area contributed by atoms with Crippen LogP contribution in [-0.4, -0.2) is 64.5 Å². The molecule has 0 amide bonds. The molecule has 0 N–H and O–H groups in total. The van der Waals surface area contributed by atoms with Crippen LogP contribution in [0.15, 0.2) is 0 Å². The summed E-state index contributed by atoms with van der Waals surface area (Å²) in [5, 5.41) is 0. The van der Waals surface area contributed by atoms with Gasteiger partial charge in [-0.1, -0.05) is 6.92 Å². The number of hydrogen-bond acceptors (Lipinski definition) is 5. The number of carbonyl (C=O) groups excluding carboxylic acids is 1. The van der Waals surface area contributed by atoms with E-state index in [9.17, 15) is 4.79 Å². The van der Waals surface area contributed by atoms with Crippen LogP contribution >= 0.6 is 0 Å². The average Bonchev–Trinajstić information content (AvgIpc) is 2.27. The monoisotopic (exact) mass is 247 g/mol. The molecule has 0 heterocycles. The first kappa shape index (κ1) is 16.4. The van der Waals surface area contributed by atoms with Gasteiger partial charge < -0.3 is 19.1 Å². The molecule has 0 aliphatic heterocycles. The zero-order chi connectivity index (χ0) is 12.9. The van der Waals surface area contributed by atoms with E-state index in [0.717, 1.165) is 13.0 Å². The Labute approximate surface area is 104 Å². The molecule has 0 saturated carbocycles. The van der Waals surface area contributed by atoms with E-state index in [-0.39, 0.29) is 5.97 Å². The van der Waals surface area contributed by atoms with Gasteiger partial charge in [-0.2, -0.15) is 0 Å². The van der Waals surface area contributed by atoms with Gasteiger partial charge in [0.05, 0.1) is 26.4 Å². The molecule has 0 spiro atoms. The Hall–Kier alpha value is -0.650. The van der Waals surface area contributed by atoms with Crippen molar-refractivity contribution in [3.8, 4) is 0 Å². The summed E-state index contributed by atoms with van der Waals surface area (Å²) < 4.78 is 15.5. The molecular formula is C12H25NO4. The van der Waals surface area contributed by atoms with Crippen molar-refractivity contribution in [2.45, 2.75) is 19.8 Å². The lowest BCUT2D eigenvalue weighted by atomic mass is 10.3. The molecule has 0 aromatic heterocycles. The summed E-state index contributed by atoms with van der Waals surface area (Å²) in [4.78, 5) is 13.0. The molecule has 17 heavy (non-hydrogen) atoms. The van der Waals surface area contributed by atoms with E-state index >= 15 is 0 Å². The van der Waals surface area contributed by atoms with Gasteiger partial charge in [-0.25, -0.2) is 0 Å². The number of nitrogens with zero attached hydrogens (tertiary/aromatic N) is 1. The van der Waals surface area contributed by atoms with Crippen LogP contribution < -0.4 is 0 Å². The second kappa shape index (κ2) is 11.8. The Morgan fingerprint density at radius 3 is 2.18 bits per heavy atom. The predicted molar refractivity (Wildman–Crippen MR) is 66.1 cm³/mol. The maximum absolute atomic E-state index is 11.0. The predicted octanol–water partition coefficient (Wildman–Crippen LogP) is 0.925. The Balaban J connectivity index is 3.06. The van der Waals surface area contributed by atoms with Gasteiger partial charge in [-0.3, -0.25) is 4.79 Å². The first-order chi connectivity index (χ1) is 8.16. The molecule has 0 rings (SSSR count). The van der Waals surface area contributed by atoms with E-state index in [1.165, 1.54) is 0 Å². The lowest BCUT2D eigenvalue weighted by Gasteiger charge is -2.10. The van der Waals surface area contributed by atoms with Crippen molar-refractivity contribution < 1.29 is 19.0 Å². The Morgan fingerprint density at radius 2 is 1.59 bits per heavy atom. The van der Waals surface area contributed by atoms with E-state index < -0.39 is 0 Å². The maximum Gasteiger partial charge on any atom is 0.305 e. The second-order valence-electron chi connectivity index (χ2n) is 4.00. The minimum atomic E-state index is -0.154. The summed E-state index contributed by atoms with van der Waals surface area (Å²) >= 11 is 0. The number of likely N-dealkylation sites (N-methyl/N-ethyl adjacent to an activating group) is 1. The molecule has 0 aromatic carbocycles. The molecular weight excluding hydrogens is 222 g/mol. The van der Waals surface area contributed by atoms with Crippen molar-refractivity contribution in [2.24, 2.45) is 0 Å². The van der Waals surface area contributed by atoms with Gasteiger partial charge in [0.1, 0.15) is 6.61 Å². The molecule has 0 unspecified atom stereocenters. The van der Waals surface area contributed by atoms with Crippen LogP contribution in [0.5, 0.6) is 0 Å². The third kappa shape index (κ3) is 13.3. The molecule has 102 valence electrons. The Kier molecular flexibility index (Phi) is 11.4. The quantitative estimate of drug-likeness (QED) is 0.401. The van der Waals surface area contributed by atoms with E-state index in [0.29, 0.717) is 39.5 Å². The maximum atomic E-state index is 11.0. The van der Waals surface area contributed by atoms with Crippen molar-refractivity contribution in [3.05, 3.63) is 0 Å². The molecule has 0 atom stereocenters. The zero-order valence-corrected chi connectivity index (χ0v) is 11.2. The van der Waals surface area contributed by atoms with Crippen LogP contribution in [0, 0.1) is 0 Å². The van der Waals surface area contributed by atoms with Crippen molar-refractivity contribution >= 4 is 5.97 Å². The first-order valence-electron chi connectivity index (χ1n) is 6.12. The fraction of sp³-hybridized carbons (Fsp3) is 0.917. The van der Waals surface area contributed by atoms with E-state index in [4.69, 9.17) is 14.2 Å². The highest BCUT2D eigenvalue weighted by molar-refractivity contribution is 5.69. The zero-order valence-electron chi connectivity index (χ0n) is 11.2. The van der Waals surface area contributed by atoms with Gasteiger partial charge in [0.2, 0.25) is 0 Å². The van der Waals surface area contributed by atoms with Crippen molar-refractivity contribution in [2.75, 3.05) is 53.7 Å². The summed E-state index contributed by atoms with van der Waals surface area (Å²) in [6.07, 6.45) is 1.30. The molecule has 0 radical (unpaired) electrons. The largest absolute Gasteiger partial charge is 0.463 e. The molecule has 0 saturated heterocycles. The van der Waals surface area contributed by atoms with Crippen LogP contribution in [0.1, 0.15) is 19.8 Å². The molecule has 0 bridgehead atoms. The number of carbonyl (C=O) groups is 1. The SMILES string of the molecule is CCCC(=O)OCCOCCOCCN(C)C. The molecule has 0 aromatic rings. The first-order valence-corrected chi connectivity index (χ1v) is 6.12. The summed E-state index contributed by atoms with van der Waals surface area (Å²) in [6, 6.07) is 0.